The normalized spacial score (nSPS) is 17.2. The summed E-state index contributed by atoms with van der Waals surface area (Å²) in [5.74, 6) is 3.76. The van der Waals surface area contributed by atoms with Crippen LogP contribution < -0.4 is 65.1 Å². The number of nitrogens with two attached hydrogens (primary N) is 2. The van der Waals surface area contributed by atoms with Crippen LogP contribution in [0.4, 0.5) is 0 Å². The highest BCUT2D eigenvalue weighted by Gasteiger charge is 2.50. The fraction of sp³-hybridized carbons (Fsp3) is 0.759. The van der Waals surface area contributed by atoms with Gasteiger partial charge in [-0.1, -0.05) is 57.2 Å². The molecule has 1 atom stereocenters. The Morgan fingerprint density at radius 3 is 1.65 bits per heavy atom. The lowest BCUT2D eigenvalue weighted by atomic mass is 9.85. The van der Waals surface area contributed by atoms with Gasteiger partial charge in [-0.15, -0.1) is 0 Å². The minimum atomic E-state index is -1.89. The Hall–Kier alpha value is -5.80. The van der Waals surface area contributed by atoms with Crippen LogP contribution >= 0.6 is 0 Å². The van der Waals surface area contributed by atoms with Crippen molar-refractivity contribution in [1.29, 1.82) is 0 Å². The molecule has 6 aliphatic rings. The number of Topliss-reactive ketones (excluding diaryl/α,β-unsaturated/α-hetero) is 2. The first-order chi connectivity index (χ1) is 54.2. The van der Waals surface area contributed by atoms with E-state index in [-0.39, 0.29) is 85.2 Å². The van der Waals surface area contributed by atoms with Crippen LogP contribution in [0.15, 0.2) is 41.2 Å². The average molecular weight is 1550 g/mol. The SMILES string of the molecule is CCNC(=O)CCC(=O)CCCN(CCNC1CCC1)CCN(CCNC1CCC1)CCN(CCN)CCCCCN(CCNCCN(CCNN)C1CCC1)CCN(CCNCCNCCNC1CCC1)CCNC(=O)CCC(=O)CCC(=O)OC1(CC)C(=O)OCc2c1cc1n(c2=O)Cc2cc3ccccc3nc2-1. The molecule has 28 heteroatoms. The number of ketones is 2. The van der Waals surface area contributed by atoms with Crippen LogP contribution in [0, 0.1) is 0 Å². The highest BCUT2D eigenvalue weighted by Crippen LogP contribution is 2.41. The zero-order valence-corrected chi connectivity index (χ0v) is 67.8. The number of nitrogens with zero attached hydrogens (tertiary/aromatic N) is 8. The molecule has 1 aromatic carbocycles. The molecule has 4 saturated carbocycles. The number of hydrazine groups is 1. The Labute approximate surface area is 661 Å². The van der Waals surface area contributed by atoms with Crippen LogP contribution in [0.3, 0.4) is 0 Å². The lowest BCUT2D eigenvalue weighted by Gasteiger charge is -2.37. The summed E-state index contributed by atoms with van der Waals surface area (Å²) in [7, 11) is 0. The first kappa shape index (κ1) is 89.1. The topological polar surface area (TPSA) is 336 Å². The minimum Gasteiger partial charge on any atom is -0.457 e. The van der Waals surface area contributed by atoms with E-state index in [1.54, 1.807) is 17.6 Å². The summed E-state index contributed by atoms with van der Waals surface area (Å²) < 4.78 is 13.2. The average Bonchev–Trinajstić information content (AvgIpc) is 1.65. The molecule has 2 aliphatic heterocycles. The van der Waals surface area contributed by atoms with Gasteiger partial charge in [-0.3, -0.25) is 54.7 Å². The number of para-hydroxylation sites is 1. The molecule has 0 bridgehead atoms. The van der Waals surface area contributed by atoms with Gasteiger partial charge in [0.2, 0.25) is 17.4 Å². The number of amides is 2. The molecule has 4 aliphatic carbocycles. The van der Waals surface area contributed by atoms with E-state index in [2.05, 4.69) is 77.4 Å². The number of hydrogen-bond donors (Lipinski definition) is 11. The smallest absolute Gasteiger partial charge is 0.355 e. The lowest BCUT2D eigenvalue weighted by Crippen LogP contribution is -2.47. The van der Waals surface area contributed by atoms with E-state index in [1.807, 2.05) is 37.3 Å². The largest absolute Gasteiger partial charge is 0.457 e. The van der Waals surface area contributed by atoms with Crippen LogP contribution in [0.5, 0.6) is 0 Å². The van der Waals surface area contributed by atoms with Crippen molar-refractivity contribution < 1.29 is 38.2 Å². The first-order valence-electron chi connectivity index (χ1n) is 43.2. The van der Waals surface area contributed by atoms with Crippen LogP contribution in [0.2, 0.25) is 0 Å². The molecule has 622 valence electrons. The summed E-state index contributed by atoms with van der Waals surface area (Å²) in [5, 5.41) is 29.1. The Balaban J connectivity index is 0.755. The number of ether oxygens (including phenoxy) is 2. The van der Waals surface area contributed by atoms with E-state index in [1.165, 1.54) is 77.0 Å². The van der Waals surface area contributed by atoms with E-state index in [9.17, 15) is 33.6 Å². The number of aromatic nitrogens is 2. The number of rotatable bonds is 64. The third kappa shape index (κ3) is 30.1. The molecule has 13 N–H and O–H groups in total. The van der Waals surface area contributed by atoms with E-state index in [4.69, 9.17) is 26.0 Å². The van der Waals surface area contributed by atoms with Crippen molar-refractivity contribution in [2.45, 2.75) is 211 Å². The van der Waals surface area contributed by atoms with Crippen LogP contribution in [0.1, 0.15) is 185 Å². The molecular formula is C83H141N19O9. The Bertz CT molecular complexity index is 3350. The van der Waals surface area contributed by atoms with Gasteiger partial charge in [0.15, 0.2) is 0 Å². The number of unbranched alkanes of at least 4 members (excludes halogenated alkanes) is 2. The second kappa shape index (κ2) is 49.9. The van der Waals surface area contributed by atoms with Gasteiger partial charge in [0.25, 0.3) is 5.56 Å². The zero-order valence-electron chi connectivity index (χ0n) is 67.8. The number of carbonyl (C=O) groups excluding carboxylic acids is 6. The van der Waals surface area contributed by atoms with E-state index < -0.39 is 17.5 Å². The van der Waals surface area contributed by atoms with Gasteiger partial charge in [0.05, 0.1) is 35.4 Å². The molecule has 0 saturated heterocycles. The van der Waals surface area contributed by atoms with Crippen LogP contribution in [0.25, 0.3) is 22.3 Å². The zero-order chi connectivity index (χ0) is 78.3. The van der Waals surface area contributed by atoms with Gasteiger partial charge >= 0.3 is 11.9 Å². The number of fused-ring (bicyclic) bond motifs is 5. The van der Waals surface area contributed by atoms with E-state index in [0.29, 0.717) is 81.1 Å². The maximum atomic E-state index is 14.1. The van der Waals surface area contributed by atoms with E-state index in [0.717, 1.165) is 212 Å². The van der Waals surface area contributed by atoms with Gasteiger partial charge in [-0.2, -0.15) is 0 Å². The number of benzene rings is 1. The lowest BCUT2D eigenvalue weighted by molar-refractivity contribution is -0.189. The summed E-state index contributed by atoms with van der Waals surface area (Å²) in [5.41, 5.74) is 10.3. The first-order valence-corrected chi connectivity index (χ1v) is 43.2. The number of hydrogen-bond acceptors (Lipinski definition) is 25. The fourth-order valence-electron chi connectivity index (χ4n) is 15.8. The number of cyclic esters (lactones) is 1. The third-order valence-corrected chi connectivity index (χ3v) is 23.9. The van der Waals surface area contributed by atoms with E-state index >= 15 is 0 Å². The van der Waals surface area contributed by atoms with Crippen molar-refractivity contribution in [1.82, 2.24) is 86.9 Å². The monoisotopic (exact) mass is 1550 g/mol. The fourth-order valence-corrected chi connectivity index (χ4v) is 15.8. The van der Waals surface area contributed by atoms with Crippen molar-refractivity contribution in [2.24, 2.45) is 11.6 Å². The molecule has 111 heavy (non-hydrogen) atoms. The molecule has 3 aromatic rings. The molecule has 2 aromatic heterocycles. The summed E-state index contributed by atoms with van der Waals surface area (Å²) in [6.07, 6.45) is 19.8. The Morgan fingerprint density at radius 1 is 0.541 bits per heavy atom. The molecule has 4 heterocycles. The van der Waals surface area contributed by atoms with Gasteiger partial charge in [-0.25, -0.2) is 9.78 Å². The van der Waals surface area contributed by atoms with Crippen molar-refractivity contribution in [3.8, 4) is 11.4 Å². The summed E-state index contributed by atoms with van der Waals surface area (Å²) in [4.78, 5) is 114. The molecule has 28 nitrogen and oxygen atoms in total. The maximum absolute atomic E-state index is 14.1. The van der Waals surface area contributed by atoms with Crippen LogP contribution in [-0.2, 0) is 57.0 Å². The molecule has 4 fully saturated rings. The second-order valence-electron chi connectivity index (χ2n) is 31.8. The predicted molar refractivity (Wildman–Crippen MR) is 439 cm³/mol. The van der Waals surface area contributed by atoms with Gasteiger partial charge in [0, 0.05) is 256 Å². The van der Waals surface area contributed by atoms with Gasteiger partial charge in [-0.05, 0) is 122 Å². The summed E-state index contributed by atoms with van der Waals surface area (Å²) >= 11 is 0. The highest BCUT2D eigenvalue weighted by molar-refractivity contribution is 5.90. The third-order valence-electron chi connectivity index (χ3n) is 23.9. The number of nitrogens with one attached hydrogen (secondary N) is 9. The second-order valence-corrected chi connectivity index (χ2v) is 31.8. The predicted octanol–water partition coefficient (Wildman–Crippen LogP) is 3.29. The molecular weight excluding hydrogens is 1410 g/mol. The molecule has 2 amide bonds. The Morgan fingerprint density at radius 2 is 1.05 bits per heavy atom. The Kier molecular flexibility index (Phi) is 40.0. The summed E-state index contributed by atoms with van der Waals surface area (Å²) in [6, 6.07) is 14.0. The molecule has 0 radical (unpaired) electrons. The van der Waals surface area contributed by atoms with Crippen molar-refractivity contribution >= 4 is 46.2 Å². The minimum absolute atomic E-state index is 0.00343. The number of carbonyl (C=O) groups is 6. The molecule has 1 unspecified atom stereocenters. The highest BCUT2D eigenvalue weighted by atomic mass is 16.6. The van der Waals surface area contributed by atoms with Gasteiger partial charge in [0.1, 0.15) is 18.2 Å². The van der Waals surface area contributed by atoms with Crippen molar-refractivity contribution in [2.75, 3.05) is 196 Å². The maximum Gasteiger partial charge on any atom is 0.355 e. The summed E-state index contributed by atoms with van der Waals surface area (Å²) in [6.45, 7) is 29.5. The van der Waals surface area contributed by atoms with Crippen molar-refractivity contribution in [3.05, 3.63) is 63.4 Å². The number of esters is 2. The number of pyridine rings is 2. The molecule has 0 spiro atoms. The van der Waals surface area contributed by atoms with Crippen LogP contribution in [-0.4, -0.2) is 295 Å². The van der Waals surface area contributed by atoms with Gasteiger partial charge < -0.3 is 77.0 Å². The quantitative estimate of drug-likeness (QED) is 0.0131. The molecule has 9 rings (SSSR count). The standard InChI is InChI=1S/C83H141N19O9/c1-3-83(74-62-76-80-66(61-65-15-6-7-25-75(65)95-80)63-102(76)81(108)73(74)64-110-82(83)109)111-79(107)31-28-72(104)27-30-78(106)93-42-52-99(49-37-87-34-33-86-35-36-90-67-16-10-17-67)58-56-97(48-38-88-39-53-101(54-43-94-85)70-22-13-23-70)45-9-5-8-44-96(47-32-84)55-59-100(51-41-92-69-20-12-21-69)60-57-98(50-40-91-68-18-11-19-68)46-14-24-71(103)26-29-77(105)89-4-2/h6-7,15,25,61-62,67-70,86-88,90-92,94H,3-5,8-14,16-24,26-60,63-64,84-85H2,1-2H3,(H,89,105)(H,93,106). The van der Waals surface area contributed by atoms with Crippen molar-refractivity contribution in [3.63, 3.8) is 0 Å².